The number of anilines is 1. The van der Waals surface area contributed by atoms with Gasteiger partial charge in [0.25, 0.3) is 0 Å². The minimum absolute atomic E-state index is 0.0738. The molecule has 0 radical (unpaired) electrons. The third kappa shape index (κ3) is 3.26. The van der Waals surface area contributed by atoms with Gasteiger partial charge in [-0.3, -0.25) is 14.4 Å². The topological polar surface area (TPSA) is 54.5 Å². The van der Waals surface area contributed by atoms with Crippen LogP contribution in [0, 0.1) is 0 Å². The summed E-state index contributed by atoms with van der Waals surface area (Å²) < 4.78 is 37.4. The molecule has 2 rings (SSSR count). The molecule has 0 aliphatic carbocycles. The average Bonchev–Trinajstić information content (AvgIpc) is 2.63. The van der Waals surface area contributed by atoms with Gasteiger partial charge >= 0.3 is 6.18 Å². The molecule has 4 nitrogen and oxygen atoms in total. The summed E-state index contributed by atoms with van der Waals surface area (Å²) in [4.78, 5) is 35.7. The van der Waals surface area contributed by atoms with Crippen LogP contribution in [0.2, 0.25) is 0 Å². The second kappa shape index (κ2) is 5.51. The van der Waals surface area contributed by atoms with Gasteiger partial charge in [-0.05, 0) is 24.3 Å². The first kappa shape index (κ1) is 15.6. The van der Waals surface area contributed by atoms with Crippen molar-refractivity contribution in [3.8, 4) is 0 Å². The number of rotatable bonds is 2. The summed E-state index contributed by atoms with van der Waals surface area (Å²) in [6.07, 6.45) is -4.62. The Kier molecular flexibility index (Phi) is 4.08. The van der Waals surface area contributed by atoms with Gasteiger partial charge in [-0.15, -0.1) is 0 Å². The van der Waals surface area contributed by atoms with Gasteiger partial charge in [0, 0.05) is 13.3 Å². The van der Waals surface area contributed by atoms with Gasteiger partial charge in [-0.25, -0.2) is 4.90 Å². The standard InChI is InChI=1S/C13H10F3NO3S/c1-7(18)21-10-6-11(19)17(12(10)20)9-4-2-8(3-5-9)13(14,15)16/h2-5,10H,6H2,1H3. The second-order valence-corrected chi connectivity index (χ2v) is 5.79. The van der Waals surface area contributed by atoms with Gasteiger partial charge < -0.3 is 0 Å². The third-order valence-corrected chi connectivity index (χ3v) is 3.85. The molecule has 1 atom stereocenters. The quantitative estimate of drug-likeness (QED) is 0.787. The Morgan fingerprint density at radius 3 is 2.29 bits per heavy atom. The van der Waals surface area contributed by atoms with Crippen LogP contribution >= 0.6 is 11.8 Å². The zero-order valence-corrected chi connectivity index (χ0v) is 11.6. The molecule has 1 aromatic carbocycles. The number of hydrogen-bond donors (Lipinski definition) is 0. The van der Waals surface area contributed by atoms with Crippen molar-refractivity contribution in [1.29, 1.82) is 0 Å². The molecule has 1 heterocycles. The van der Waals surface area contributed by atoms with E-state index < -0.39 is 28.8 Å². The van der Waals surface area contributed by atoms with Crippen LogP contribution in [0.4, 0.5) is 18.9 Å². The number of carbonyl (C=O) groups is 3. The average molecular weight is 317 g/mol. The fourth-order valence-electron chi connectivity index (χ4n) is 1.97. The maximum absolute atomic E-state index is 12.5. The monoisotopic (exact) mass is 317 g/mol. The number of amides is 2. The number of nitrogens with zero attached hydrogens (tertiary/aromatic N) is 1. The lowest BCUT2D eigenvalue weighted by molar-refractivity contribution is -0.137. The zero-order chi connectivity index (χ0) is 15.8. The van der Waals surface area contributed by atoms with E-state index in [2.05, 4.69) is 0 Å². The Bertz CT molecular complexity index is 598. The van der Waals surface area contributed by atoms with Crippen LogP contribution in [0.5, 0.6) is 0 Å². The Hall–Kier alpha value is -1.83. The van der Waals surface area contributed by atoms with Gasteiger partial charge in [0.05, 0.1) is 11.3 Å². The van der Waals surface area contributed by atoms with E-state index in [0.29, 0.717) is 0 Å². The fourth-order valence-corrected chi connectivity index (χ4v) is 2.80. The van der Waals surface area contributed by atoms with Crippen LogP contribution in [-0.2, 0) is 20.6 Å². The largest absolute Gasteiger partial charge is 0.416 e. The van der Waals surface area contributed by atoms with Crippen LogP contribution in [0.15, 0.2) is 24.3 Å². The van der Waals surface area contributed by atoms with E-state index in [9.17, 15) is 27.6 Å². The van der Waals surface area contributed by atoms with Crippen molar-refractivity contribution in [2.75, 3.05) is 4.90 Å². The van der Waals surface area contributed by atoms with E-state index in [4.69, 9.17) is 0 Å². The molecule has 1 aliphatic heterocycles. The van der Waals surface area contributed by atoms with Crippen LogP contribution in [0.1, 0.15) is 18.9 Å². The van der Waals surface area contributed by atoms with Crippen LogP contribution < -0.4 is 4.90 Å². The minimum atomic E-state index is -4.48. The van der Waals surface area contributed by atoms with Gasteiger partial charge in [-0.2, -0.15) is 13.2 Å². The summed E-state index contributed by atoms with van der Waals surface area (Å²) in [6.45, 7) is 1.28. The van der Waals surface area contributed by atoms with Gasteiger partial charge in [0.15, 0.2) is 5.12 Å². The van der Waals surface area contributed by atoms with Gasteiger partial charge in [-0.1, -0.05) is 11.8 Å². The number of hydrogen-bond acceptors (Lipinski definition) is 4. The summed E-state index contributed by atoms with van der Waals surface area (Å²) in [6, 6.07) is 3.75. The molecule has 0 saturated carbocycles. The summed E-state index contributed by atoms with van der Waals surface area (Å²) in [7, 11) is 0. The molecular weight excluding hydrogens is 307 g/mol. The van der Waals surface area contributed by atoms with Crippen molar-refractivity contribution in [1.82, 2.24) is 0 Å². The van der Waals surface area contributed by atoms with Gasteiger partial charge in [0.1, 0.15) is 5.25 Å². The molecule has 0 aromatic heterocycles. The van der Waals surface area contributed by atoms with E-state index in [1.54, 1.807) is 0 Å². The highest BCUT2D eigenvalue weighted by Gasteiger charge is 2.41. The van der Waals surface area contributed by atoms with E-state index in [1.165, 1.54) is 6.92 Å². The molecule has 1 unspecified atom stereocenters. The molecule has 0 spiro atoms. The molecule has 1 saturated heterocycles. The van der Waals surface area contributed by atoms with E-state index in [-0.39, 0.29) is 17.2 Å². The Morgan fingerprint density at radius 2 is 1.81 bits per heavy atom. The molecule has 112 valence electrons. The summed E-state index contributed by atoms with van der Waals surface area (Å²) in [5.41, 5.74) is -0.787. The minimum Gasteiger partial charge on any atom is -0.288 e. The van der Waals surface area contributed by atoms with Crippen LogP contribution in [0.3, 0.4) is 0 Å². The predicted molar refractivity (Wildman–Crippen MR) is 70.6 cm³/mol. The number of benzene rings is 1. The SMILES string of the molecule is CC(=O)SC1CC(=O)N(c2ccc(C(F)(F)F)cc2)C1=O. The molecule has 0 bridgehead atoms. The lowest BCUT2D eigenvalue weighted by Gasteiger charge is -2.15. The smallest absolute Gasteiger partial charge is 0.288 e. The number of halogens is 3. The molecule has 0 N–H and O–H groups in total. The summed E-state index contributed by atoms with van der Waals surface area (Å²) in [5.74, 6) is -1.11. The van der Waals surface area contributed by atoms with E-state index in [1.807, 2.05) is 0 Å². The van der Waals surface area contributed by atoms with E-state index in [0.717, 1.165) is 40.9 Å². The summed E-state index contributed by atoms with van der Waals surface area (Å²) in [5, 5.41) is -1.10. The Morgan fingerprint density at radius 1 is 1.24 bits per heavy atom. The van der Waals surface area contributed by atoms with Crippen molar-refractivity contribution in [2.24, 2.45) is 0 Å². The Balaban J connectivity index is 2.24. The maximum Gasteiger partial charge on any atom is 0.416 e. The number of alkyl halides is 3. The first-order valence-electron chi connectivity index (χ1n) is 5.91. The normalized spacial score (nSPS) is 19.2. The first-order chi connectivity index (χ1) is 9.70. The van der Waals surface area contributed by atoms with E-state index >= 15 is 0 Å². The second-order valence-electron chi connectivity index (χ2n) is 4.41. The van der Waals surface area contributed by atoms with Crippen LogP contribution in [-0.4, -0.2) is 22.2 Å². The van der Waals surface area contributed by atoms with Crippen molar-refractivity contribution >= 4 is 34.4 Å². The molecule has 21 heavy (non-hydrogen) atoms. The summed E-state index contributed by atoms with van der Waals surface area (Å²) >= 11 is 0.749. The van der Waals surface area contributed by atoms with Crippen LogP contribution in [0.25, 0.3) is 0 Å². The fraction of sp³-hybridized carbons (Fsp3) is 0.308. The highest BCUT2D eigenvalue weighted by molar-refractivity contribution is 8.14. The molecule has 8 heteroatoms. The van der Waals surface area contributed by atoms with Gasteiger partial charge in [0.2, 0.25) is 11.8 Å². The number of carbonyl (C=O) groups excluding carboxylic acids is 3. The molecule has 1 fully saturated rings. The highest BCUT2D eigenvalue weighted by atomic mass is 32.2. The third-order valence-electron chi connectivity index (χ3n) is 2.87. The molecule has 1 aliphatic rings. The van der Waals surface area contributed by atoms with Crippen molar-refractivity contribution < 1.29 is 27.6 Å². The lowest BCUT2D eigenvalue weighted by atomic mass is 10.2. The molecule has 1 aromatic rings. The maximum atomic E-state index is 12.5. The predicted octanol–water partition coefficient (Wildman–Crippen LogP) is 2.62. The van der Waals surface area contributed by atoms with Crippen molar-refractivity contribution in [3.05, 3.63) is 29.8 Å². The number of thioether (sulfide) groups is 1. The lowest BCUT2D eigenvalue weighted by Crippen LogP contribution is -2.31. The number of imide groups is 1. The molecule has 2 amide bonds. The zero-order valence-electron chi connectivity index (χ0n) is 10.8. The first-order valence-corrected chi connectivity index (χ1v) is 6.79. The highest BCUT2D eigenvalue weighted by Crippen LogP contribution is 2.33. The van der Waals surface area contributed by atoms with Crippen molar-refractivity contribution in [2.45, 2.75) is 24.8 Å². The van der Waals surface area contributed by atoms with Crippen molar-refractivity contribution in [3.63, 3.8) is 0 Å². The Labute approximate surface area is 122 Å². The molecular formula is C13H10F3NO3S.